The second kappa shape index (κ2) is 8.55. The smallest absolute Gasteiger partial charge is 0.243 e. The summed E-state index contributed by atoms with van der Waals surface area (Å²) in [5, 5.41) is 5.00. The standard InChI is InChI=1S/C21H22N4O3S2/c1-16(26)22-21-23-20(15-29-21)17-7-9-19(10-8-17)30(27,28)25-13-11-24(12-14-25)18-5-3-2-4-6-18/h2-10,15H,11-14H2,1H3,(H,22,23,26). The zero-order valence-electron chi connectivity index (χ0n) is 16.5. The molecule has 2 aromatic carbocycles. The Labute approximate surface area is 180 Å². The maximum absolute atomic E-state index is 13.0. The van der Waals surface area contributed by atoms with Crippen LogP contribution in [0.2, 0.25) is 0 Å². The molecule has 0 atom stereocenters. The highest BCUT2D eigenvalue weighted by Gasteiger charge is 2.28. The minimum absolute atomic E-state index is 0.176. The molecule has 3 aromatic rings. The molecule has 1 aromatic heterocycles. The fraction of sp³-hybridized carbons (Fsp3) is 0.238. The highest BCUT2D eigenvalue weighted by molar-refractivity contribution is 7.89. The van der Waals surface area contributed by atoms with E-state index >= 15 is 0 Å². The van der Waals surface area contributed by atoms with Gasteiger partial charge >= 0.3 is 0 Å². The lowest BCUT2D eigenvalue weighted by Gasteiger charge is -2.35. The third kappa shape index (κ3) is 4.38. The van der Waals surface area contributed by atoms with Gasteiger partial charge in [-0.15, -0.1) is 11.3 Å². The molecule has 0 radical (unpaired) electrons. The predicted molar refractivity (Wildman–Crippen MR) is 119 cm³/mol. The third-order valence-electron chi connectivity index (χ3n) is 4.93. The van der Waals surface area contributed by atoms with Gasteiger partial charge in [-0.05, 0) is 24.3 Å². The molecule has 0 spiro atoms. The first-order valence-electron chi connectivity index (χ1n) is 9.57. The lowest BCUT2D eigenvalue weighted by Crippen LogP contribution is -2.48. The number of sulfonamides is 1. The number of piperazine rings is 1. The van der Waals surface area contributed by atoms with Gasteiger partial charge in [0.25, 0.3) is 0 Å². The van der Waals surface area contributed by atoms with Crippen molar-refractivity contribution in [3.63, 3.8) is 0 Å². The summed E-state index contributed by atoms with van der Waals surface area (Å²) in [5.74, 6) is -0.176. The molecular formula is C21H22N4O3S2. The van der Waals surface area contributed by atoms with E-state index in [1.165, 1.54) is 18.3 Å². The van der Waals surface area contributed by atoms with Gasteiger partial charge < -0.3 is 10.2 Å². The fourth-order valence-electron chi connectivity index (χ4n) is 3.39. The van der Waals surface area contributed by atoms with Gasteiger partial charge in [0.2, 0.25) is 15.9 Å². The summed E-state index contributed by atoms with van der Waals surface area (Å²) in [6, 6.07) is 16.8. The lowest BCUT2D eigenvalue weighted by molar-refractivity contribution is -0.114. The van der Waals surface area contributed by atoms with Gasteiger partial charge in [-0.3, -0.25) is 4.79 Å². The molecular weight excluding hydrogens is 420 g/mol. The van der Waals surface area contributed by atoms with E-state index in [0.717, 1.165) is 11.3 Å². The molecule has 1 aliphatic heterocycles. The van der Waals surface area contributed by atoms with E-state index in [4.69, 9.17) is 0 Å². The van der Waals surface area contributed by atoms with Crippen LogP contribution in [0.25, 0.3) is 11.3 Å². The Hall–Kier alpha value is -2.75. The van der Waals surface area contributed by atoms with Crippen molar-refractivity contribution >= 4 is 38.1 Å². The molecule has 0 aliphatic carbocycles. The Morgan fingerprint density at radius 1 is 1.00 bits per heavy atom. The van der Waals surface area contributed by atoms with E-state index in [1.807, 2.05) is 35.7 Å². The Morgan fingerprint density at radius 2 is 1.67 bits per heavy atom. The Bertz CT molecular complexity index is 1120. The molecule has 1 N–H and O–H groups in total. The van der Waals surface area contributed by atoms with Gasteiger partial charge in [0.1, 0.15) is 0 Å². The summed E-state index contributed by atoms with van der Waals surface area (Å²) in [6.45, 7) is 3.65. The number of benzene rings is 2. The summed E-state index contributed by atoms with van der Waals surface area (Å²) in [7, 11) is -3.55. The number of anilines is 2. The molecule has 2 heterocycles. The van der Waals surface area contributed by atoms with Gasteiger partial charge in [-0.25, -0.2) is 13.4 Å². The second-order valence-corrected chi connectivity index (χ2v) is 9.77. The summed E-state index contributed by atoms with van der Waals surface area (Å²) in [6.07, 6.45) is 0. The van der Waals surface area contributed by atoms with E-state index < -0.39 is 10.0 Å². The summed E-state index contributed by atoms with van der Waals surface area (Å²) < 4.78 is 27.6. The number of nitrogens with zero attached hydrogens (tertiary/aromatic N) is 3. The zero-order valence-corrected chi connectivity index (χ0v) is 18.1. The van der Waals surface area contributed by atoms with Crippen molar-refractivity contribution in [2.45, 2.75) is 11.8 Å². The van der Waals surface area contributed by atoms with Crippen LogP contribution < -0.4 is 10.2 Å². The Morgan fingerprint density at radius 3 is 2.30 bits per heavy atom. The molecule has 9 heteroatoms. The molecule has 0 bridgehead atoms. The molecule has 1 fully saturated rings. The zero-order chi connectivity index (χ0) is 21.1. The van der Waals surface area contributed by atoms with E-state index in [1.54, 1.807) is 28.6 Å². The molecule has 1 amide bonds. The fourth-order valence-corrected chi connectivity index (χ4v) is 5.57. The van der Waals surface area contributed by atoms with Gasteiger partial charge in [0, 0.05) is 49.7 Å². The number of nitrogens with one attached hydrogen (secondary N) is 1. The van der Waals surface area contributed by atoms with Crippen LogP contribution in [0.1, 0.15) is 6.92 Å². The second-order valence-electron chi connectivity index (χ2n) is 6.97. The number of amides is 1. The molecule has 1 saturated heterocycles. The third-order valence-corrected chi connectivity index (χ3v) is 7.61. The number of thiazole rings is 1. The lowest BCUT2D eigenvalue weighted by atomic mass is 10.2. The number of carbonyl (C=O) groups excluding carboxylic acids is 1. The van der Waals surface area contributed by atoms with Crippen LogP contribution in [0.4, 0.5) is 10.8 Å². The van der Waals surface area contributed by atoms with Crippen molar-refractivity contribution in [2.24, 2.45) is 0 Å². The average Bonchev–Trinajstić information content (AvgIpc) is 3.22. The molecule has 1 aliphatic rings. The van der Waals surface area contributed by atoms with Crippen LogP contribution in [0.5, 0.6) is 0 Å². The molecule has 0 unspecified atom stereocenters. The first kappa shape index (κ1) is 20.5. The van der Waals surface area contributed by atoms with E-state index in [2.05, 4.69) is 15.2 Å². The number of hydrogen-bond donors (Lipinski definition) is 1. The molecule has 4 rings (SSSR count). The summed E-state index contributed by atoms with van der Waals surface area (Å²) in [4.78, 5) is 18.0. The Balaban J connectivity index is 1.44. The number of carbonyl (C=O) groups is 1. The number of aromatic nitrogens is 1. The van der Waals surface area contributed by atoms with Crippen LogP contribution in [-0.2, 0) is 14.8 Å². The van der Waals surface area contributed by atoms with Crippen molar-refractivity contribution in [1.29, 1.82) is 0 Å². The van der Waals surface area contributed by atoms with Crippen molar-refractivity contribution in [3.05, 3.63) is 60.0 Å². The monoisotopic (exact) mass is 442 g/mol. The van der Waals surface area contributed by atoms with E-state index in [9.17, 15) is 13.2 Å². The maximum Gasteiger partial charge on any atom is 0.243 e. The average molecular weight is 443 g/mol. The SMILES string of the molecule is CC(=O)Nc1nc(-c2ccc(S(=O)(=O)N3CCN(c4ccccc4)CC3)cc2)cs1. The van der Waals surface area contributed by atoms with Crippen molar-refractivity contribution in [3.8, 4) is 11.3 Å². The van der Waals surface area contributed by atoms with E-state index in [-0.39, 0.29) is 10.8 Å². The quantitative estimate of drug-likeness (QED) is 0.656. The number of rotatable bonds is 5. The van der Waals surface area contributed by atoms with Crippen LogP contribution in [0.3, 0.4) is 0 Å². The summed E-state index contributed by atoms with van der Waals surface area (Å²) in [5.41, 5.74) is 2.61. The van der Waals surface area contributed by atoms with Crippen molar-refractivity contribution < 1.29 is 13.2 Å². The highest BCUT2D eigenvalue weighted by Crippen LogP contribution is 2.27. The molecule has 156 valence electrons. The summed E-state index contributed by atoms with van der Waals surface area (Å²) >= 11 is 1.33. The van der Waals surface area contributed by atoms with Crippen molar-refractivity contribution in [2.75, 3.05) is 36.4 Å². The largest absolute Gasteiger partial charge is 0.369 e. The topological polar surface area (TPSA) is 82.6 Å². The number of hydrogen-bond acceptors (Lipinski definition) is 6. The van der Waals surface area contributed by atoms with E-state index in [0.29, 0.717) is 37.0 Å². The van der Waals surface area contributed by atoms with Gasteiger partial charge in [-0.1, -0.05) is 30.3 Å². The van der Waals surface area contributed by atoms with Gasteiger partial charge in [-0.2, -0.15) is 4.31 Å². The molecule has 0 saturated carbocycles. The normalized spacial score (nSPS) is 15.2. The van der Waals surface area contributed by atoms with Crippen LogP contribution in [-0.4, -0.2) is 49.8 Å². The van der Waals surface area contributed by atoms with Crippen LogP contribution in [0, 0.1) is 0 Å². The number of para-hydroxylation sites is 1. The van der Waals surface area contributed by atoms with Gasteiger partial charge in [0.15, 0.2) is 5.13 Å². The minimum Gasteiger partial charge on any atom is -0.369 e. The van der Waals surface area contributed by atoms with Crippen LogP contribution in [0.15, 0.2) is 64.9 Å². The molecule has 7 nitrogen and oxygen atoms in total. The molecule has 30 heavy (non-hydrogen) atoms. The predicted octanol–water partition coefficient (Wildman–Crippen LogP) is 3.28. The maximum atomic E-state index is 13.0. The first-order valence-corrected chi connectivity index (χ1v) is 11.9. The Kier molecular flexibility index (Phi) is 5.85. The van der Waals surface area contributed by atoms with Crippen LogP contribution >= 0.6 is 11.3 Å². The first-order chi connectivity index (χ1) is 14.4. The highest BCUT2D eigenvalue weighted by atomic mass is 32.2. The van der Waals surface area contributed by atoms with Crippen molar-refractivity contribution in [1.82, 2.24) is 9.29 Å². The van der Waals surface area contributed by atoms with Gasteiger partial charge in [0.05, 0.1) is 10.6 Å². The minimum atomic E-state index is -3.55.